The van der Waals surface area contributed by atoms with Gasteiger partial charge in [-0.05, 0) is 6.92 Å². The second kappa shape index (κ2) is 4.20. The molecule has 0 atom stereocenters. The monoisotopic (exact) mass is 165 g/mol. The van der Waals surface area contributed by atoms with E-state index in [2.05, 4.69) is 15.0 Å². The molecule has 1 aromatic rings. The lowest BCUT2D eigenvalue weighted by Crippen LogP contribution is -1.94. The molecule has 0 aliphatic heterocycles. The number of ether oxygens (including phenoxy) is 1. The number of hydrogen-bond donors (Lipinski definition) is 0. The van der Waals surface area contributed by atoms with Crippen molar-refractivity contribution in [2.75, 3.05) is 6.61 Å². The fourth-order valence-electron chi connectivity index (χ4n) is 0.655. The molecule has 1 rings (SSSR count). The van der Waals surface area contributed by atoms with Crippen LogP contribution >= 0.6 is 0 Å². The van der Waals surface area contributed by atoms with Crippen molar-refractivity contribution in [2.24, 2.45) is 4.99 Å². The summed E-state index contributed by atoms with van der Waals surface area (Å²) in [7, 11) is 0. The van der Waals surface area contributed by atoms with Crippen LogP contribution in [0.1, 0.15) is 6.92 Å². The second-order valence-corrected chi connectivity index (χ2v) is 1.83. The molecule has 0 aliphatic carbocycles. The molecule has 0 spiro atoms. The first kappa shape index (κ1) is 8.36. The van der Waals surface area contributed by atoms with Crippen molar-refractivity contribution in [3.63, 3.8) is 0 Å². The van der Waals surface area contributed by atoms with Gasteiger partial charge in [0.15, 0.2) is 0 Å². The number of aliphatic imine (C=N–C) groups is 1. The van der Waals surface area contributed by atoms with Gasteiger partial charge in [0.2, 0.25) is 12.0 Å². The van der Waals surface area contributed by atoms with Gasteiger partial charge in [0.1, 0.15) is 0 Å². The van der Waals surface area contributed by atoms with Crippen LogP contribution in [0.15, 0.2) is 17.3 Å². The molecule has 0 fully saturated rings. The number of rotatable bonds is 3. The Morgan fingerprint density at radius 3 is 3.25 bits per heavy atom. The molecule has 1 heterocycles. The smallest absolute Gasteiger partial charge is 0.263 e. The van der Waals surface area contributed by atoms with Gasteiger partial charge < -0.3 is 4.74 Å². The molecule has 62 valence electrons. The third kappa shape index (κ3) is 2.14. The minimum atomic E-state index is 0.0657. The van der Waals surface area contributed by atoms with Gasteiger partial charge in [0.25, 0.3) is 5.95 Å². The van der Waals surface area contributed by atoms with Crippen LogP contribution in [0.5, 0.6) is 5.88 Å². The molecule has 0 bridgehead atoms. The van der Waals surface area contributed by atoms with Gasteiger partial charge in [-0.25, -0.2) is 9.78 Å². The van der Waals surface area contributed by atoms with Gasteiger partial charge in [0, 0.05) is 12.3 Å². The van der Waals surface area contributed by atoms with Crippen molar-refractivity contribution in [3.8, 4) is 5.88 Å². The molecule has 1 aromatic heterocycles. The predicted molar refractivity (Wildman–Crippen MR) is 41.0 cm³/mol. The Labute approximate surface area is 69.1 Å². The first-order valence-electron chi connectivity index (χ1n) is 3.40. The molecule has 0 N–H and O–H groups in total. The van der Waals surface area contributed by atoms with Crippen LogP contribution in [0.4, 0.5) is 5.95 Å². The lowest BCUT2D eigenvalue weighted by Gasteiger charge is -1.99. The third-order valence-electron chi connectivity index (χ3n) is 1.06. The summed E-state index contributed by atoms with van der Waals surface area (Å²) in [6, 6.07) is 1.59. The molecule has 0 saturated carbocycles. The van der Waals surface area contributed by atoms with Crippen LogP contribution in [0.3, 0.4) is 0 Å². The van der Waals surface area contributed by atoms with E-state index in [1.807, 2.05) is 6.92 Å². The van der Waals surface area contributed by atoms with Crippen molar-refractivity contribution in [1.29, 1.82) is 0 Å². The zero-order chi connectivity index (χ0) is 8.81. The minimum Gasteiger partial charge on any atom is -0.478 e. The highest BCUT2D eigenvalue weighted by Crippen LogP contribution is 2.09. The van der Waals surface area contributed by atoms with E-state index in [1.54, 1.807) is 6.07 Å². The molecule has 0 aromatic carbocycles. The van der Waals surface area contributed by atoms with Crippen LogP contribution in [-0.2, 0) is 4.79 Å². The topological polar surface area (TPSA) is 64.4 Å². The summed E-state index contributed by atoms with van der Waals surface area (Å²) in [5.74, 6) is 0.470. The maximum atomic E-state index is 9.83. The Balaban J connectivity index is 2.87. The summed E-state index contributed by atoms with van der Waals surface area (Å²) in [4.78, 5) is 20.6. The highest BCUT2D eigenvalue weighted by Gasteiger charge is 1.96. The van der Waals surface area contributed by atoms with Gasteiger partial charge in [-0.3, -0.25) is 0 Å². The molecule has 12 heavy (non-hydrogen) atoms. The van der Waals surface area contributed by atoms with E-state index in [-0.39, 0.29) is 5.95 Å². The van der Waals surface area contributed by atoms with Gasteiger partial charge in [0.05, 0.1) is 6.61 Å². The standard InChI is InChI=1S/C7H7N3O2/c1-2-12-6-3-4-8-7(10-6)9-5-11/h3-4H,2H2,1H3. The number of nitrogens with zero attached hydrogens (tertiary/aromatic N) is 3. The van der Waals surface area contributed by atoms with Crippen molar-refractivity contribution >= 4 is 12.0 Å². The summed E-state index contributed by atoms with van der Waals surface area (Å²) >= 11 is 0. The zero-order valence-corrected chi connectivity index (χ0v) is 6.52. The van der Waals surface area contributed by atoms with Gasteiger partial charge in [-0.2, -0.15) is 4.98 Å². The Bertz CT molecular complexity index is 307. The Hall–Kier alpha value is -1.74. The number of hydrogen-bond acceptors (Lipinski definition) is 5. The van der Waals surface area contributed by atoms with E-state index in [1.165, 1.54) is 12.3 Å². The molecule has 0 unspecified atom stereocenters. The quantitative estimate of drug-likeness (QED) is 0.491. The Morgan fingerprint density at radius 1 is 1.75 bits per heavy atom. The minimum absolute atomic E-state index is 0.0657. The van der Waals surface area contributed by atoms with E-state index < -0.39 is 0 Å². The maximum Gasteiger partial charge on any atom is 0.263 e. The van der Waals surface area contributed by atoms with Gasteiger partial charge in [-0.1, -0.05) is 0 Å². The number of carbonyl (C=O) groups excluding carboxylic acids is 1. The normalized spacial score (nSPS) is 8.75. The first-order chi connectivity index (χ1) is 5.86. The Kier molecular flexibility index (Phi) is 2.93. The average molecular weight is 165 g/mol. The maximum absolute atomic E-state index is 9.83. The van der Waals surface area contributed by atoms with Crippen LogP contribution in [0.25, 0.3) is 0 Å². The molecular weight excluding hydrogens is 158 g/mol. The highest BCUT2D eigenvalue weighted by molar-refractivity contribution is 5.41. The van der Waals surface area contributed by atoms with Crippen molar-refractivity contribution < 1.29 is 9.53 Å². The molecular formula is C7H7N3O2. The summed E-state index contributed by atoms with van der Waals surface area (Å²) in [5, 5.41) is 0. The molecule has 5 heteroatoms. The average Bonchev–Trinajstić information content (AvgIpc) is 2.06. The van der Waals surface area contributed by atoms with E-state index >= 15 is 0 Å². The van der Waals surface area contributed by atoms with Crippen LogP contribution < -0.4 is 4.74 Å². The highest BCUT2D eigenvalue weighted by atomic mass is 16.5. The van der Waals surface area contributed by atoms with E-state index in [0.717, 1.165) is 0 Å². The van der Waals surface area contributed by atoms with E-state index in [4.69, 9.17) is 4.74 Å². The summed E-state index contributed by atoms with van der Waals surface area (Å²) < 4.78 is 5.05. The Morgan fingerprint density at radius 2 is 2.58 bits per heavy atom. The summed E-state index contributed by atoms with van der Waals surface area (Å²) in [5.41, 5.74) is 0. The number of isocyanates is 1. The first-order valence-corrected chi connectivity index (χ1v) is 3.40. The largest absolute Gasteiger partial charge is 0.478 e. The SMILES string of the molecule is CCOc1ccnc(N=C=O)n1. The van der Waals surface area contributed by atoms with Crippen molar-refractivity contribution in [3.05, 3.63) is 12.3 Å². The van der Waals surface area contributed by atoms with Crippen molar-refractivity contribution in [2.45, 2.75) is 6.92 Å². The van der Waals surface area contributed by atoms with Crippen LogP contribution in [-0.4, -0.2) is 22.7 Å². The third-order valence-corrected chi connectivity index (χ3v) is 1.06. The second-order valence-electron chi connectivity index (χ2n) is 1.83. The fraction of sp³-hybridized carbons (Fsp3) is 0.286. The van der Waals surface area contributed by atoms with Gasteiger partial charge in [-0.15, -0.1) is 4.99 Å². The molecule has 0 aliphatic rings. The molecule has 5 nitrogen and oxygen atoms in total. The molecule has 0 amide bonds. The fourth-order valence-corrected chi connectivity index (χ4v) is 0.655. The summed E-state index contributed by atoms with van der Waals surface area (Å²) in [6.07, 6.45) is 2.81. The molecule has 0 saturated heterocycles. The molecule has 0 radical (unpaired) electrons. The van der Waals surface area contributed by atoms with Crippen LogP contribution in [0.2, 0.25) is 0 Å². The number of aromatic nitrogens is 2. The van der Waals surface area contributed by atoms with Crippen LogP contribution in [0, 0.1) is 0 Å². The lowest BCUT2D eigenvalue weighted by molar-refractivity contribution is 0.326. The summed E-state index contributed by atoms with van der Waals surface area (Å²) in [6.45, 7) is 2.35. The van der Waals surface area contributed by atoms with Gasteiger partial charge >= 0.3 is 0 Å². The predicted octanol–water partition coefficient (Wildman–Crippen LogP) is 0.843. The van der Waals surface area contributed by atoms with E-state index in [9.17, 15) is 4.79 Å². The lowest BCUT2D eigenvalue weighted by atomic mass is 10.6. The zero-order valence-electron chi connectivity index (χ0n) is 6.52. The van der Waals surface area contributed by atoms with Crippen molar-refractivity contribution in [1.82, 2.24) is 9.97 Å². The van der Waals surface area contributed by atoms with E-state index in [0.29, 0.717) is 12.5 Å².